The first kappa shape index (κ1) is 28.0. The lowest BCUT2D eigenvalue weighted by Gasteiger charge is -2.33. The van der Waals surface area contributed by atoms with Crippen LogP contribution in [0.5, 0.6) is 0 Å². The van der Waals surface area contributed by atoms with E-state index in [-0.39, 0.29) is 17.6 Å². The number of H-pyrrole nitrogens is 1. The topological polar surface area (TPSA) is 73.7 Å². The van der Waals surface area contributed by atoms with Gasteiger partial charge in [0.1, 0.15) is 5.84 Å². The summed E-state index contributed by atoms with van der Waals surface area (Å²) in [7, 11) is 0. The minimum absolute atomic E-state index is 0.0112. The summed E-state index contributed by atoms with van der Waals surface area (Å²) in [6.07, 6.45) is 2.67. The molecule has 5 aromatic rings. The summed E-state index contributed by atoms with van der Waals surface area (Å²) in [5.41, 5.74) is 4.57. The second-order valence-electron chi connectivity index (χ2n) is 11.9. The van der Waals surface area contributed by atoms with Crippen LogP contribution >= 0.6 is 0 Å². The zero-order valence-corrected chi connectivity index (χ0v) is 25.0. The van der Waals surface area contributed by atoms with Crippen LogP contribution in [-0.2, 0) is 10.3 Å². The molecule has 0 spiro atoms. The van der Waals surface area contributed by atoms with Crippen LogP contribution in [0.25, 0.3) is 11.0 Å². The van der Waals surface area contributed by atoms with E-state index in [4.69, 9.17) is 4.99 Å². The molecule has 0 saturated carbocycles. The number of carbonyl (C=O) groups excluding carboxylic acids is 1. The van der Waals surface area contributed by atoms with E-state index in [0.29, 0.717) is 6.54 Å². The second kappa shape index (κ2) is 11.7. The number of fused-ring (bicyclic) bond motifs is 1. The molecule has 7 rings (SSSR count). The van der Waals surface area contributed by atoms with Crippen LogP contribution in [0.2, 0.25) is 0 Å². The van der Waals surface area contributed by atoms with Crippen molar-refractivity contribution in [2.45, 2.75) is 37.8 Å². The van der Waals surface area contributed by atoms with E-state index < -0.39 is 5.54 Å². The van der Waals surface area contributed by atoms with Crippen molar-refractivity contribution >= 4 is 22.8 Å². The molecular weight excluding hydrogens is 546 g/mol. The highest BCUT2D eigenvalue weighted by molar-refractivity contribution is 6.16. The van der Waals surface area contributed by atoms with Crippen LogP contribution in [0, 0.1) is 6.92 Å². The van der Waals surface area contributed by atoms with Gasteiger partial charge in [0, 0.05) is 31.2 Å². The van der Waals surface area contributed by atoms with Crippen molar-refractivity contribution in [3.63, 3.8) is 0 Å². The Balaban J connectivity index is 1.11. The van der Waals surface area contributed by atoms with Gasteiger partial charge in [0.15, 0.2) is 5.54 Å². The summed E-state index contributed by atoms with van der Waals surface area (Å²) in [4.78, 5) is 40.0. The Kier molecular flexibility index (Phi) is 7.48. The number of para-hydroxylation sites is 2. The number of nitrogens with one attached hydrogen (secondary N) is 1. The Morgan fingerprint density at radius 2 is 1.39 bits per heavy atom. The molecule has 2 aliphatic rings. The number of aliphatic imine (C=N–C) groups is 1. The fourth-order valence-electron chi connectivity index (χ4n) is 6.88. The lowest BCUT2D eigenvalue weighted by molar-refractivity contribution is -0.130. The summed E-state index contributed by atoms with van der Waals surface area (Å²) in [6, 6.07) is 36.3. The maximum absolute atomic E-state index is 14.6. The van der Waals surface area contributed by atoms with Crippen molar-refractivity contribution in [3.8, 4) is 0 Å². The summed E-state index contributed by atoms with van der Waals surface area (Å²) in [5, 5.41) is 0. The number of aromatic amines is 1. The fraction of sp³-hybridized carbons (Fsp3) is 0.270. The van der Waals surface area contributed by atoms with E-state index in [1.54, 1.807) is 0 Å². The summed E-state index contributed by atoms with van der Waals surface area (Å²) >= 11 is 0. The average Bonchev–Trinajstić information content (AvgIpc) is 3.56. The average molecular weight is 584 g/mol. The van der Waals surface area contributed by atoms with Gasteiger partial charge in [-0.15, -0.1) is 0 Å². The summed E-state index contributed by atoms with van der Waals surface area (Å²) in [6.45, 7) is 5.36. The number of likely N-dealkylation sites (tertiary alicyclic amines) is 1. The molecule has 2 aliphatic heterocycles. The first-order valence-corrected chi connectivity index (χ1v) is 15.6. The third-order valence-corrected chi connectivity index (χ3v) is 9.18. The zero-order valence-electron chi connectivity index (χ0n) is 25.0. The Hall–Kier alpha value is -4.75. The van der Waals surface area contributed by atoms with Crippen LogP contribution in [0.1, 0.15) is 47.6 Å². The molecular formula is C37H37N5O2. The molecule has 1 aromatic heterocycles. The number of benzene rings is 4. The van der Waals surface area contributed by atoms with E-state index in [2.05, 4.69) is 41.1 Å². The highest BCUT2D eigenvalue weighted by Gasteiger charge is 2.51. The maximum atomic E-state index is 14.6. The second-order valence-corrected chi connectivity index (χ2v) is 11.9. The van der Waals surface area contributed by atoms with Crippen LogP contribution in [0.15, 0.2) is 119 Å². The molecule has 1 N–H and O–H groups in total. The molecule has 44 heavy (non-hydrogen) atoms. The smallest absolute Gasteiger partial charge is 0.306 e. The number of hydrogen-bond acceptors (Lipinski definition) is 4. The van der Waals surface area contributed by atoms with Gasteiger partial charge in [0.2, 0.25) is 0 Å². The van der Waals surface area contributed by atoms with Crippen LogP contribution < -0.4 is 5.69 Å². The highest BCUT2D eigenvalue weighted by atomic mass is 16.2. The van der Waals surface area contributed by atoms with E-state index in [1.165, 1.54) is 5.56 Å². The van der Waals surface area contributed by atoms with Gasteiger partial charge in [-0.05, 0) is 56.0 Å². The number of carbonyl (C=O) groups is 1. The zero-order chi connectivity index (χ0) is 30.1. The quantitative estimate of drug-likeness (QED) is 0.247. The molecule has 3 heterocycles. The molecule has 7 nitrogen and oxygen atoms in total. The van der Waals surface area contributed by atoms with Gasteiger partial charge in [-0.25, -0.2) is 9.79 Å². The Labute approximate surface area is 257 Å². The molecule has 0 unspecified atom stereocenters. The molecule has 0 aliphatic carbocycles. The summed E-state index contributed by atoms with van der Waals surface area (Å²) < 4.78 is 1.94. The molecule has 7 heteroatoms. The van der Waals surface area contributed by atoms with Crippen molar-refractivity contribution < 1.29 is 4.79 Å². The molecule has 1 fully saturated rings. The van der Waals surface area contributed by atoms with Gasteiger partial charge in [-0.3, -0.25) is 14.3 Å². The molecule has 0 atom stereocenters. The number of hydrogen-bond donors (Lipinski definition) is 1. The Morgan fingerprint density at radius 3 is 2.05 bits per heavy atom. The molecule has 1 saturated heterocycles. The van der Waals surface area contributed by atoms with Gasteiger partial charge in [-0.2, -0.15) is 0 Å². The molecule has 0 bridgehead atoms. The van der Waals surface area contributed by atoms with Gasteiger partial charge in [0.05, 0.1) is 11.0 Å². The van der Waals surface area contributed by atoms with Crippen molar-refractivity contribution in [3.05, 3.63) is 142 Å². The number of amides is 1. The number of nitrogens with zero attached hydrogens (tertiary/aromatic N) is 4. The third-order valence-electron chi connectivity index (χ3n) is 9.18. The number of aromatic nitrogens is 2. The first-order chi connectivity index (χ1) is 21.5. The minimum atomic E-state index is -1.13. The number of piperidine rings is 1. The normalized spacial score (nSPS) is 17.3. The number of aryl methyl sites for hydroxylation is 1. The number of rotatable bonds is 8. The lowest BCUT2D eigenvalue weighted by atomic mass is 9.83. The van der Waals surface area contributed by atoms with Crippen molar-refractivity contribution in [2.24, 2.45) is 4.99 Å². The third kappa shape index (κ3) is 4.97. The SMILES string of the molecule is Cc1ccc(C2=NC(c3ccccc3)(c3ccccc3)C(=O)N2CCCN2CCC(n3c(=O)[nH]c4ccccc43)CC2)cc1. The van der Waals surface area contributed by atoms with E-state index in [0.717, 1.165) is 72.5 Å². The van der Waals surface area contributed by atoms with Gasteiger partial charge in [0.25, 0.3) is 5.91 Å². The van der Waals surface area contributed by atoms with Gasteiger partial charge < -0.3 is 9.88 Å². The Morgan fingerprint density at radius 1 is 0.773 bits per heavy atom. The first-order valence-electron chi connectivity index (χ1n) is 15.6. The number of imidazole rings is 1. The molecule has 4 aromatic carbocycles. The van der Waals surface area contributed by atoms with Crippen molar-refractivity contribution in [1.82, 2.24) is 19.4 Å². The molecule has 0 radical (unpaired) electrons. The fourth-order valence-corrected chi connectivity index (χ4v) is 6.88. The van der Waals surface area contributed by atoms with Crippen LogP contribution in [0.3, 0.4) is 0 Å². The highest BCUT2D eigenvalue weighted by Crippen LogP contribution is 2.41. The largest absolute Gasteiger partial charge is 0.326 e. The number of amidine groups is 1. The van der Waals surface area contributed by atoms with E-state index in [9.17, 15) is 9.59 Å². The van der Waals surface area contributed by atoms with Crippen molar-refractivity contribution in [1.29, 1.82) is 0 Å². The summed E-state index contributed by atoms with van der Waals surface area (Å²) in [5.74, 6) is 0.711. The van der Waals surface area contributed by atoms with Crippen LogP contribution in [-0.4, -0.2) is 57.3 Å². The standard InChI is InChI=1S/C37H37N5O2/c1-27-17-19-28(20-18-27)34-39-37(29-11-4-2-5-12-29,30-13-6-3-7-14-30)35(43)41(34)24-10-23-40-25-21-31(22-26-40)42-33-16-9-8-15-32(33)38-36(42)44/h2-9,11-20,31H,10,21-26H2,1H3,(H,38,44). The predicted molar refractivity (Wildman–Crippen MR) is 175 cm³/mol. The predicted octanol–water partition coefficient (Wildman–Crippen LogP) is 5.90. The lowest BCUT2D eigenvalue weighted by Crippen LogP contribution is -2.43. The molecule has 222 valence electrons. The van der Waals surface area contributed by atoms with Gasteiger partial charge >= 0.3 is 5.69 Å². The van der Waals surface area contributed by atoms with Gasteiger partial charge in [-0.1, -0.05) is 103 Å². The van der Waals surface area contributed by atoms with Crippen LogP contribution in [0.4, 0.5) is 0 Å². The van der Waals surface area contributed by atoms with Crippen molar-refractivity contribution in [2.75, 3.05) is 26.2 Å². The Bertz CT molecular complexity index is 1810. The maximum Gasteiger partial charge on any atom is 0.326 e. The molecule has 1 amide bonds. The minimum Gasteiger partial charge on any atom is -0.306 e. The monoisotopic (exact) mass is 583 g/mol. The van der Waals surface area contributed by atoms with E-state index in [1.807, 2.05) is 94.4 Å². The van der Waals surface area contributed by atoms with E-state index >= 15 is 0 Å².